The van der Waals surface area contributed by atoms with E-state index in [1.165, 1.54) is 55.0 Å². The maximum absolute atomic E-state index is 7.25. The fourth-order valence-corrected chi connectivity index (χ4v) is 18.7. The monoisotopic (exact) mass is 1490 g/mol. The molecule has 0 atom stereocenters. The van der Waals surface area contributed by atoms with Crippen LogP contribution in [0.3, 0.4) is 0 Å². The Labute approximate surface area is 676 Å². The maximum atomic E-state index is 7.25. The van der Waals surface area contributed by atoms with Crippen molar-refractivity contribution >= 4 is 123 Å². The molecule has 0 aliphatic carbocycles. The van der Waals surface area contributed by atoms with Gasteiger partial charge in [0.05, 0.1) is 33.2 Å². The summed E-state index contributed by atoms with van der Waals surface area (Å²) in [7, 11) is 0. The zero-order valence-corrected chi connectivity index (χ0v) is 65.5. The SMILES string of the molecule is CC(C)(C)c1cccc(-c2ccc3oc4ccccc4c3c2N2c3ccc(-c4cccc(-c5ccccc5)c4)cc3B3c4ccc(-n5c6ccccc6c6cc(-c7ccccc7)ccc65)cc4N(c4c(-c5cccc(C(C)(C)C)c5)ccc5oc6ccccc6c45)c4cc(-c5cc(-c6ccccc6)cc(-c6ccccc6)c5)cc2c43)c1. The molecule has 5 nitrogen and oxygen atoms in total. The third-order valence-electron chi connectivity index (χ3n) is 24.4. The number of para-hydroxylation sites is 3. The van der Waals surface area contributed by atoms with Gasteiger partial charge in [0, 0.05) is 61.1 Å². The minimum Gasteiger partial charge on any atom is -0.456 e. The average Bonchev–Trinajstić information content (AvgIpc) is 0.949. The average molecular weight is 1490 g/mol. The van der Waals surface area contributed by atoms with Gasteiger partial charge in [0.25, 0.3) is 6.71 Å². The smallest absolute Gasteiger partial charge is 0.252 e. The normalized spacial score (nSPS) is 12.7. The fourth-order valence-electron chi connectivity index (χ4n) is 18.7. The molecule has 0 N–H and O–H groups in total. The summed E-state index contributed by atoms with van der Waals surface area (Å²) >= 11 is 0. The number of aromatic nitrogens is 1. The number of fused-ring (bicyclic) bond motifs is 13. The topological polar surface area (TPSA) is 37.7 Å². The number of anilines is 6. The molecule has 5 heterocycles. The van der Waals surface area contributed by atoms with E-state index in [2.05, 4.69) is 432 Å². The van der Waals surface area contributed by atoms with E-state index in [4.69, 9.17) is 8.83 Å². The van der Waals surface area contributed by atoms with Crippen LogP contribution < -0.4 is 26.2 Å². The number of furan rings is 2. The van der Waals surface area contributed by atoms with Gasteiger partial charge in [0.1, 0.15) is 22.3 Å². The molecule has 550 valence electrons. The minimum absolute atomic E-state index is 0.150. The molecule has 0 saturated heterocycles. The van der Waals surface area contributed by atoms with Crippen LogP contribution in [0.2, 0.25) is 0 Å². The Balaban J connectivity index is 0.929. The van der Waals surface area contributed by atoms with Crippen molar-refractivity contribution in [3.8, 4) is 94.7 Å². The molecule has 0 bridgehead atoms. The summed E-state index contributed by atoms with van der Waals surface area (Å²) in [5.74, 6) is 0. The second kappa shape index (κ2) is 26.7. The largest absolute Gasteiger partial charge is 0.456 e. The summed E-state index contributed by atoms with van der Waals surface area (Å²) in [6.07, 6.45) is 0. The van der Waals surface area contributed by atoms with Crippen LogP contribution in [-0.2, 0) is 10.8 Å². The van der Waals surface area contributed by atoms with Gasteiger partial charge in [-0.05, 0) is 225 Å². The van der Waals surface area contributed by atoms with Crippen LogP contribution in [0.15, 0.2) is 385 Å². The van der Waals surface area contributed by atoms with Gasteiger partial charge in [0.15, 0.2) is 0 Å². The molecule has 22 rings (SSSR count). The fraction of sp³-hybridized carbons (Fsp3) is 0.0727. The molecule has 0 amide bonds. The molecule has 0 fully saturated rings. The molecule has 0 saturated carbocycles. The zero-order valence-electron chi connectivity index (χ0n) is 65.5. The van der Waals surface area contributed by atoms with E-state index in [-0.39, 0.29) is 17.5 Å². The van der Waals surface area contributed by atoms with Crippen molar-refractivity contribution in [2.24, 2.45) is 0 Å². The van der Waals surface area contributed by atoms with E-state index in [1.54, 1.807) is 0 Å². The lowest BCUT2D eigenvalue weighted by Gasteiger charge is -2.45. The standard InChI is InChI=1S/C110H80BN3O2/c1-109(2,3)83-40-26-38-77(62-83)86-51-56-102-104(89-43-20-23-46-100(89)115-102)107(86)113-96-55-49-76(74-37-25-36-73(58-74)69-28-11-7-12-29-69)65-93(96)111-92-53-50-85(112-94-45-22-19-42-88(94)91-64-75(48-54-95(91)112)70-30-13-8-14-31-70)68-97(92)114(108-87(78-39-27-41-84(63-78)110(4,5)6)52-57-103-105(108)90-44-21-24-47-101(90)116-103)99-67-82(66-98(113)106(99)111)81-60-79(71-32-15-9-16-33-71)59-80(61-81)72-34-17-10-18-35-72/h7-68H,1-6H3. The van der Waals surface area contributed by atoms with Gasteiger partial charge in [-0.3, -0.25) is 0 Å². The van der Waals surface area contributed by atoms with Crippen molar-refractivity contribution in [2.75, 3.05) is 9.80 Å². The molecule has 2 aliphatic rings. The van der Waals surface area contributed by atoms with Crippen molar-refractivity contribution in [3.63, 3.8) is 0 Å². The highest BCUT2D eigenvalue weighted by molar-refractivity contribution is 7.00. The molecule has 2 aliphatic heterocycles. The Morgan fingerprint density at radius 1 is 0.241 bits per heavy atom. The first-order valence-electron chi connectivity index (χ1n) is 40.5. The van der Waals surface area contributed by atoms with E-state index < -0.39 is 0 Å². The molecule has 6 heteroatoms. The molecule has 0 radical (unpaired) electrons. The molecule has 0 unspecified atom stereocenters. The van der Waals surface area contributed by atoms with Gasteiger partial charge in [-0.1, -0.05) is 308 Å². The molecule has 116 heavy (non-hydrogen) atoms. The first-order valence-corrected chi connectivity index (χ1v) is 40.5. The van der Waals surface area contributed by atoms with Crippen LogP contribution in [0.4, 0.5) is 34.1 Å². The number of hydrogen-bond acceptors (Lipinski definition) is 4. The highest BCUT2D eigenvalue weighted by atomic mass is 16.3. The van der Waals surface area contributed by atoms with Gasteiger partial charge in [0.2, 0.25) is 0 Å². The lowest BCUT2D eigenvalue weighted by atomic mass is 9.33. The minimum atomic E-state index is -0.360. The van der Waals surface area contributed by atoms with Crippen molar-refractivity contribution in [1.82, 2.24) is 4.57 Å². The predicted molar refractivity (Wildman–Crippen MR) is 490 cm³/mol. The van der Waals surface area contributed by atoms with Gasteiger partial charge in [-0.15, -0.1) is 0 Å². The van der Waals surface area contributed by atoms with E-state index in [1.807, 2.05) is 0 Å². The molecular formula is C110H80BN3O2. The number of nitrogens with zero attached hydrogens (tertiary/aromatic N) is 3. The van der Waals surface area contributed by atoms with Gasteiger partial charge in [-0.25, -0.2) is 0 Å². The van der Waals surface area contributed by atoms with Crippen LogP contribution in [0.1, 0.15) is 52.7 Å². The Bertz CT molecular complexity index is 7300. The van der Waals surface area contributed by atoms with Gasteiger partial charge >= 0.3 is 0 Å². The lowest BCUT2D eigenvalue weighted by Crippen LogP contribution is -2.61. The molecule has 3 aromatic heterocycles. The summed E-state index contributed by atoms with van der Waals surface area (Å²) in [5, 5.41) is 6.52. The Morgan fingerprint density at radius 2 is 0.647 bits per heavy atom. The number of hydrogen-bond donors (Lipinski definition) is 0. The Morgan fingerprint density at radius 3 is 1.19 bits per heavy atom. The summed E-state index contributed by atoms with van der Waals surface area (Å²) in [4.78, 5) is 5.36. The van der Waals surface area contributed by atoms with E-state index in [0.717, 1.165) is 167 Å². The van der Waals surface area contributed by atoms with Crippen LogP contribution in [0.25, 0.3) is 160 Å². The Kier molecular flexibility index (Phi) is 15.8. The third kappa shape index (κ3) is 11.3. The number of benzene rings is 17. The van der Waals surface area contributed by atoms with E-state index >= 15 is 0 Å². The Hall–Kier alpha value is -14.2. The maximum Gasteiger partial charge on any atom is 0.252 e. The lowest BCUT2D eigenvalue weighted by molar-refractivity contribution is 0.590. The first-order chi connectivity index (χ1) is 56.8. The predicted octanol–water partition coefficient (Wildman–Crippen LogP) is 28.6. The van der Waals surface area contributed by atoms with Crippen LogP contribution >= 0.6 is 0 Å². The zero-order chi connectivity index (χ0) is 77.7. The summed E-state index contributed by atoms with van der Waals surface area (Å²) < 4.78 is 16.9. The van der Waals surface area contributed by atoms with Crippen molar-refractivity contribution in [3.05, 3.63) is 387 Å². The van der Waals surface area contributed by atoms with Gasteiger partial charge < -0.3 is 23.2 Å². The van der Waals surface area contributed by atoms with Crippen LogP contribution in [0, 0.1) is 0 Å². The molecule has 20 aromatic rings. The quantitative estimate of drug-likeness (QED) is 0.121. The molecular weight excluding hydrogens is 1410 g/mol. The van der Waals surface area contributed by atoms with Crippen molar-refractivity contribution in [2.45, 2.75) is 52.4 Å². The van der Waals surface area contributed by atoms with Crippen molar-refractivity contribution in [1.29, 1.82) is 0 Å². The highest BCUT2D eigenvalue weighted by Crippen LogP contribution is 2.56. The molecule has 0 spiro atoms. The summed E-state index contributed by atoms with van der Waals surface area (Å²) in [6, 6.07) is 141. The summed E-state index contributed by atoms with van der Waals surface area (Å²) in [6.45, 7) is 13.6. The van der Waals surface area contributed by atoms with Crippen LogP contribution in [0.5, 0.6) is 0 Å². The van der Waals surface area contributed by atoms with E-state index in [9.17, 15) is 0 Å². The first kappa shape index (κ1) is 68.6. The highest BCUT2D eigenvalue weighted by Gasteiger charge is 2.46. The van der Waals surface area contributed by atoms with E-state index in [0.29, 0.717) is 0 Å². The number of rotatable bonds is 11. The second-order valence-corrected chi connectivity index (χ2v) is 33.5. The van der Waals surface area contributed by atoms with Crippen molar-refractivity contribution < 1.29 is 8.83 Å². The third-order valence-corrected chi connectivity index (χ3v) is 24.4. The molecule has 17 aromatic carbocycles. The second-order valence-electron chi connectivity index (χ2n) is 33.5. The van der Waals surface area contributed by atoms with Crippen LogP contribution in [-0.4, -0.2) is 11.3 Å². The summed E-state index contributed by atoms with van der Waals surface area (Å²) in [5.41, 5.74) is 36.5. The van der Waals surface area contributed by atoms with Gasteiger partial charge in [-0.2, -0.15) is 0 Å².